The highest BCUT2D eigenvalue weighted by Crippen LogP contribution is 2.29. The summed E-state index contributed by atoms with van der Waals surface area (Å²) in [5.74, 6) is 0.548. The van der Waals surface area contributed by atoms with Crippen LogP contribution in [0.3, 0.4) is 0 Å². The van der Waals surface area contributed by atoms with E-state index in [4.69, 9.17) is 4.74 Å². The largest absolute Gasteiger partial charge is 0.473 e. The maximum atomic E-state index is 5.11. The van der Waals surface area contributed by atoms with Crippen LogP contribution in [0.25, 0.3) is 10.2 Å². The van der Waals surface area contributed by atoms with Gasteiger partial charge in [0.2, 0.25) is 0 Å². The van der Waals surface area contributed by atoms with Gasteiger partial charge in [0.05, 0.1) is 17.3 Å². The molecule has 1 aromatic carbocycles. The van der Waals surface area contributed by atoms with Gasteiger partial charge in [-0.1, -0.05) is 31.3 Å². The highest BCUT2D eigenvalue weighted by molar-refractivity contribution is 7.20. The third-order valence-corrected chi connectivity index (χ3v) is 3.23. The van der Waals surface area contributed by atoms with E-state index in [1.165, 1.54) is 10.3 Å². The molecule has 0 aliphatic carbocycles. The zero-order valence-corrected chi connectivity index (χ0v) is 9.39. The van der Waals surface area contributed by atoms with Crippen molar-refractivity contribution in [1.29, 1.82) is 0 Å². The summed E-state index contributed by atoms with van der Waals surface area (Å²) >= 11 is 1.58. The normalized spacial score (nSPS) is 11.1. The lowest BCUT2D eigenvalue weighted by molar-refractivity contribution is 0.413. The third kappa shape index (κ3) is 1.60. The van der Waals surface area contributed by atoms with Crippen LogP contribution in [0.5, 0.6) is 5.19 Å². The van der Waals surface area contributed by atoms with Crippen molar-refractivity contribution in [3.63, 3.8) is 0 Å². The van der Waals surface area contributed by atoms with E-state index in [2.05, 4.69) is 37.0 Å². The zero-order valence-electron chi connectivity index (χ0n) is 8.57. The second-order valence-corrected chi connectivity index (χ2v) is 4.56. The van der Waals surface area contributed by atoms with Crippen LogP contribution in [0.4, 0.5) is 0 Å². The van der Waals surface area contributed by atoms with Crippen molar-refractivity contribution in [2.75, 3.05) is 7.11 Å². The Balaban J connectivity index is 2.54. The molecular weight excluding hydrogens is 194 g/mol. The Morgan fingerprint density at radius 1 is 1.36 bits per heavy atom. The number of hydrogen-bond donors (Lipinski definition) is 0. The van der Waals surface area contributed by atoms with E-state index in [0.29, 0.717) is 5.92 Å². The maximum Gasteiger partial charge on any atom is 0.274 e. The minimum Gasteiger partial charge on any atom is -0.473 e. The van der Waals surface area contributed by atoms with Crippen LogP contribution in [-0.4, -0.2) is 12.1 Å². The summed E-state index contributed by atoms with van der Waals surface area (Å²) in [6.45, 7) is 4.37. The van der Waals surface area contributed by atoms with Gasteiger partial charge in [-0.25, -0.2) is 4.98 Å². The van der Waals surface area contributed by atoms with Gasteiger partial charge in [-0.15, -0.1) is 0 Å². The first-order valence-corrected chi connectivity index (χ1v) is 5.47. The van der Waals surface area contributed by atoms with Crippen LogP contribution in [0.15, 0.2) is 18.2 Å². The number of hydrogen-bond acceptors (Lipinski definition) is 3. The first kappa shape index (κ1) is 9.46. The second-order valence-electron chi connectivity index (χ2n) is 3.57. The molecule has 14 heavy (non-hydrogen) atoms. The summed E-state index contributed by atoms with van der Waals surface area (Å²) in [6, 6.07) is 6.41. The van der Waals surface area contributed by atoms with Crippen molar-refractivity contribution in [3.05, 3.63) is 23.8 Å². The number of nitrogens with zero attached hydrogens (tertiary/aromatic N) is 1. The second kappa shape index (κ2) is 3.58. The number of rotatable bonds is 2. The summed E-state index contributed by atoms with van der Waals surface area (Å²) < 4.78 is 6.29. The minimum atomic E-state index is 0.548. The van der Waals surface area contributed by atoms with Gasteiger partial charge in [-0.3, -0.25) is 0 Å². The summed E-state index contributed by atoms with van der Waals surface area (Å²) in [7, 11) is 1.65. The van der Waals surface area contributed by atoms with Gasteiger partial charge in [-0.2, -0.15) is 0 Å². The average Bonchev–Trinajstić information content (AvgIpc) is 2.58. The Bertz CT molecular complexity index is 447. The molecule has 0 N–H and O–H groups in total. The van der Waals surface area contributed by atoms with Crippen LogP contribution >= 0.6 is 11.3 Å². The molecule has 1 aromatic heterocycles. The Kier molecular flexibility index (Phi) is 2.42. The smallest absolute Gasteiger partial charge is 0.274 e. The van der Waals surface area contributed by atoms with E-state index >= 15 is 0 Å². The first-order chi connectivity index (χ1) is 6.70. The van der Waals surface area contributed by atoms with Crippen LogP contribution in [0, 0.1) is 0 Å². The summed E-state index contributed by atoms with van der Waals surface area (Å²) in [5.41, 5.74) is 2.36. The van der Waals surface area contributed by atoms with Crippen LogP contribution in [-0.2, 0) is 0 Å². The Hall–Kier alpha value is -1.09. The number of aromatic nitrogens is 1. The molecule has 0 fully saturated rings. The van der Waals surface area contributed by atoms with E-state index in [1.807, 2.05) is 0 Å². The minimum absolute atomic E-state index is 0.548. The summed E-state index contributed by atoms with van der Waals surface area (Å²) in [5, 5.41) is 0.737. The van der Waals surface area contributed by atoms with Crippen molar-refractivity contribution in [2.45, 2.75) is 19.8 Å². The fraction of sp³-hybridized carbons (Fsp3) is 0.364. The van der Waals surface area contributed by atoms with E-state index in [-0.39, 0.29) is 0 Å². The number of fused-ring (bicyclic) bond motifs is 1. The van der Waals surface area contributed by atoms with Gasteiger partial charge in [-0.05, 0) is 23.6 Å². The van der Waals surface area contributed by atoms with E-state index in [0.717, 1.165) is 10.7 Å². The molecule has 2 nitrogen and oxygen atoms in total. The van der Waals surface area contributed by atoms with Gasteiger partial charge in [0, 0.05) is 0 Å². The van der Waals surface area contributed by atoms with Crippen LogP contribution in [0.2, 0.25) is 0 Å². The van der Waals surface area contributed by atoms with Gasteiger partial charge < -0.3 is 4.74 Å². The number of thiazole rings is 1. The molecule has 0 aliphatic heterocycles. The molecule has 0 spiro atoms. The predicted octanol–water partition coefficient (Wildman–Crippen LogP) is 3.43. The Labute approximate surface area is 87.5 Å². The molecule has 0 bridgehead atoms. The standard InChI is InChI=1S/C11H13NOS/c1-7(2)8-4-5-10-9(6-8)12-11(13-3)14-10/h4-7H,1-3H3. The monoisotopic (exact) mass is 207 g/mol. The Morgan fingerprint density at radius 2 is 2.14 bits per heavy atom. The van der Waals surface area contributed by atoms with E-state index in [1.54, 1.807) is 18.4 Å². The van der Waals surface area contributed by atoms with Crippen molar-refractivity contribution in [1.82, 2.24) is 4.98 Å². The van der Waals surface area contributed by atoms with Gasteiger partial charge in [0.1, 0.15) is 0 Å². The van der Waals surface area contributed by atoms with E-state index < -0.39 is 0 Å². The van der Waals surface area contributed by atoms with Crippen LogP contribution in [0.1, 0.15) is 25.3 Å². The summed E-state index contributed by atoms with van der Waals surface area (Å²) in [6.07, 6.45) is 0. The van der Waals surface area contributed by atoms with Gasteiger partial charge >= 0.3 is 0 Å². The lowest BCUT2D eigenvalue weighted by Gasteiger charge is -2.03. The first-order valence-electron chi connectivity index (χ1n) is 4.65. The summed E-state index contributed by atoms with van der Waals surface area (Å²) in [4.78, 5) is 4.37. The van der Waals surface area contributed by atoms with Crippen molar-refractivity contribution >= 4 is 21.6 Å². The molecule has 0 radical (unpaired) electrons. The number of benzene rings is 1. The fourth-order valence-corrected chi connectivity index (χ4v) is 2.13. The fourth-order valence-electron chi connectivity index (χ4n) is 1.37. The lowest BCUT2D eigenvalue weighted by atomic mass is 10.0. The van der Waals surface area contributed by atoms with Crippen molar-refractivity contribution in [2.24, 2.45) is 0 Å². The Morgan fingerprint density at radius 3 is 2.79 bits per heavy atom. The lowest BCUT2D eigenvalue weighted by Crippen LogP contribution is -1.85. The third-order valence-electron chi connectivity index (χ3n) is 2.23. The van der Waals surface area contributed by atoms with Crippen molar-refractivity contribution < 1.29 is 4.74 Å². The molecular formula is C11H13NOS. The molecule has 1 heterocycles. The molecule has 0 atom stereocenters. The van der Waals surface area contributed by atoms with Gasteiger partial charge in [0.25, 0.3) is 5.19 Å². The molecule has 0 aliphatic rings. The van der Waals surface area contributed by atoms with Gasteiger partial charge in [0.15, 0.2) is 0 Å². The molecule has 3 heteroatoms. The molecule has 0 unspecified atom stereocenters. The number of ether oxygens (including phenoxy) is 1. The molecule has 2 rings (SSSR count). The number of methoxy groups -OCH3 is 1. The quantitative estimate of drug-likeness (QED) is 0.752. The molecule has 74 valence electrons. The zero-order chi connectivity index (χ0) is 10.1. The van der Waals surface area contributed by atoms with E-state index in [9.17, 15) is 0 Å². The van der Waals surface area contributed by atoms with Crippen LogP contribution < -0.4 is 4.74 Å². The van der Waals surface area contributed by atoms with Crippen molar-refractivity contribution in [3.8, 4) is 5.19 Å². The molecule has 0 saturated heterocycles. The predicted molar refractivity (Wildman–Crippen MR) is 60.3 cm³/mol. The maximum absolute atomic E-state index is 5.11. The topological polar surface area (TPSA) is 22.1 Å². The highest BCUT2D eigenvalue weighted by Gasteiger charge is 2.05. The molecule has 2 aromatic rings. The molecule has 0 amide bonds. The SMILES string of the molecule is COc1nc2cc(C(C)C)ccc2s1. The average molecular weight is 207 g/mol. The highest BCUT2D eigenvalue weighted by atomic mass is 32.1. The molecule has 0 saturated carbocycles.